The maximum atomic E-state index is 13.1. The number of esters is 1. The van der Waals surface area contributed by atoms with E-state index in [0.717, 1.165) is 13.2 Å². The molecule has 0 N–H and O–H groups in total. The molecule has 0 heterocycles. The molecule has 6 heteroatoms. The molecule has 18 heavy (non-hydrogen) atoms. The highest BCUT2D eigenvalue weighted by molar-refractivity contribution is 5.78. The second kappa shape index (κ2) is 5.37. The van der Waals surface area contributed by atoms with E-state index in [0.29, 0.717) is 12.1 Å². The van der Waals surface area contributed by atoms with Crippen LogP contribution in [-0.2, 0) is 15.7 Å². The first-order valence-corrected chi connectivity index (χ1v) is 5.25. The maximum absolute atomic E-state index is 13.1. The largest absolute Gasteiger partial charge is 0.469 e. The predicted molar refractivity (Wildman–Crippen MR) is 56.5 cm³/mol. The van der Waals surface area contributed by atoms with E-state index in [1.54, 1.807) is 6.92 Å². The Bertz CT molecular complexity index is 440. The predicted octanol–water partition coefficient (Wildman–Crippen LogP) is 3.51. The van der Waals surface area contributed by atoms with Crippen molar-refractivity contribution >= 4 is 5.97 Å². The molecule has 0 saturated heterocycles. The van der Waals surface area contributed by atoms with E-state index in [9.17, 15) is 22.4 Å². The molecule has 1 rings (SSSR count). The highest BCUT2D eigenvalue weighted by Crippen LogP contribution is 2.34. The number of hydrogen-bond acceptors (Lipinski definition) is 2. The van der Waals surface area contributed by atoms with Gasteiger partial charge in [0.25, 0.3) is 0 Å². The molecule has 0 aliphatic heterocycles. The van der Waals surface area contributed by atoms with Crippen molar-refractivity contribution in [2.45, 2.75) is 25.4 Å². The zero-order chi connectivity index (χ0) is 13.9. The molecule has 100 valence electrons. The molecular formula is C12H12F4O2. The summed E-state index contributed by atoms with van der Waals surface area (Å²) in [5.74, 6) is -2.82. The lowest BCUT2D eigenvalue weighted by Crippen LogP contribution is -2.15. The number of carbonyl (C=O) groups is 1. The standard InChI is InChI=1S/C12H12F4O2/c1-3-8(11(17)18-2)7-4-5-10(13)9(6-7)12(14,15)16/h4-6,8H,3H2,1-2H3. The summed E-state index contributed by atoms with van der Waals surface area (Å²) in [6.45, 7) is 1.64. The van der Waals surface area contributed by atoms with Crippen LogP contribution in [0.4, 0.5) is 17.6 Å². The lowest BCUT2D eigenvalue weighted by molar-refractivity contribution is -0.143. The van der Waals surface area contributed by atoms with E-state index in [-0.39, 0.29) is 12.0 Å². The Hall–Kier alpha value is -1.59. The highest BCUT2D eigenvalue weighted by atomic mass is 19.4. The van der Waals surface area contributed by atoms with E-state index >= 15 is 0 Å². The zero-order valence-electron chi connectivity index (χ0n) is 9.84. The van der Waals surface area contributed by atoms with Gasteiger partial charge in [-0.1, -0.05) is 13.0 Å². The fraction of sp³-hybridized carbons (Fsp3) is 0.417. The van der Waals surface area contributed by atoms with Gasteiger partial charge in [0.15, 0.2) is 0 Å². The molecule has 0 amide bonds. The molecule has 1 unspecified atom stereocenters. The minimum absolute atomic E-state index is 0.0954. The fourth-order valence-electron chi connectivity index (χ4n) is 1.66. The summed E-state index contributed by atoms with van der Waals surface area (Å²) >= 11 is 0. The Kier molecular flexibility index (Phi) is 4.32. The van der Waals surface area contributed by atoms with Gasteiger partial charge in [0.05, 0.1) is 18.6 Å². The van der Waals surface area contributed by atoms with Crippen molar-refractivity contribution in [2.75, 3.05) is 7.11 Å². The number of hydrogen-bond donors (Lipinski definition) is 0. The van der Waals surface area contributed by atoms with E-state index in [1.807, 2.05) is 0 Å². The number of carbonyl (C=O) groups excluding carboxylic acids is 1. The van der Waals surface area contributed by atoms with Gasteiger partial charge >= 0.3 is 12.1 Å². The molecule has 0 aromatic heterocycles. The Morgan fingerprint density at radius 1 is 1.39 bits per heavy atom. The van der Waals surface area contributed by atoms with Gasteiger partial charge in [-0.2, -0.15) is 13.2 Å². The summed E-state index contributed by atoms with van der Waals surface area (Å²) in [5, 5.41) is 0. The Balaban J connectivity index is 3.23. The second-order valence-electron chi connectivity index (χ2n) is 3.72. The van der Waals surface area contributed by atoms with Crippen LogP contribution in [0.1, 0.15) is 30.4 Å². The van der Waals surface area contributed by atoms with Crippen molar-refractivity contribution in [3.05, 3.63) is 35.1 Å². The second-order valence-corrected chi connectivity index (χ2v) is 3.72. The minimum atomic E-state index is -4.78. The van der Waals surface area contributed by atoms with Gasteiger partial charge < -0.3 is 4.74 Å². The Morgan fingerprint density at radius 2 is 2.00 bits per heavy atom. The van der Waals surface area contributed by atoms with Crippen LogP contribution < -0.4 is 0 Å². The zero-order valence-corrected chi connectivity index (χ0v) is 9.84. The van der Waals surface area contributed by atoms with Gasteiger partial charge in [-0.15, -0.1) is 0 Å². The maximum Gasteiger partial charge on any atom is 0.419 e. The third-order valence-electron chi connectivity index (χ3n) is 2.59. The molecule has 0 spiro atoms. The summed E-state index contributed by atoms with van der Waals surface area (Å²) in [6.07, 6.45) is -4.51. The van der Waals surface area contributed by atoms with Crippen LogP contribution in [0.15, 0.2) is 18.2 Å². The lowest BCUT2D eigenvalue weighted by atomic mass is 9.94. The summed E-state index contributed by atoms with van der Waals surface area (Å²) in [5.41, 5.74) is -1.28. The molecule has 2 nitrogen and oxygen atoms in total. The minimum Gasteiger partial charge on any atom is -0.469 e. The van der Waals surface area contributed by atoms with Crippen molar-refractivity contribution in [3.63, 3.8) is 0 Å². The molecule has 0 bridgehead atoms. The number of halogens is 4. The third-order valence-corrected chi connectivity index (χ3v) is 2.59. The number of alkyl halides is 3. The topological polar surface area (TPSA) is 26.3 Å². The molecule has 0 radical (unpaired) electrons. The van der Waals surface area contributed by atoms with Crippen molar-refractivity contribution < 1.29 is 27.1 Å². The Labute approximate surface area is 102 Å². The molecule has 0 aliphatic rings. The fourth-order valence-corrected chi connectivity index (χ4v) is 1.66. The molecule has 1 aromatic rings. The number of ether oxygens (including phenoxy) is 1. The smallest absolute Gasteiger partial charge is 0.419 e. The Morgan fingerprint density at radius 3 is 2.44 bits per heavy atom. The molecule has 0 aliphatic carbocycles. The number of methoxy groups -OCH3 is 1. The number of benzene rings is 1. The SMILES string of the molecule is CCC(C(=O)OC)c1ccc(F)c(C(F)(F)F)c1. The van der Waals surface area contributed by atoms with Crippen LogP contribution in [0, 0.1) is 5.82 Å². The van der Waals surface area contributed by atoms with Crippen LogP contribution in [0.25, 0.3) is 0 Å². The van der Waals surface area contributed by atoms with Gasteiger partial charge in [0.2, 0.25) is 0 Å². The first-order chi connectivity index (χ1) is 8.31. The van der Waals surface area contributed by atoms with Crippen LogP contribution in [0.3, 0.4) is 0 Å². The van der Waals surface area contributed by atoms with Crippen molar-refractivity contribution in [3.8, 4) is 0 Å². The third kappa shape index (κ3) is 3.00. The monoisotopic (exact) mass is 264 g/mol. The lowest BCUT2D eigenvalue weighted by Gasteiger charge is -2.15. The van der Waals surface area contributed by atoms with Crippen LogP contribution in [-0.4, -0.2) is 13.1 Å². The van der Waals surface area contributed by atoms with Crippen LogP contribution in [0.2, 0.25) is 0 Å². The summed E-state index contributed by atoms with van der Waals surface area (Å²) in [6, 6.07) is 2.53. The first kappa shape index (κ1) is 14.5. The first-order valence-electron chi connectivity index (χ1n) is 5.25. The van der Waals surface area contributed by atoms with E-state index in [4.69, 9.17) is 0 Å². The average molecular weight is 264 g/mol. The number of rotatable bonds is 3. The van der Waals surface area contributed by atoms with Crippen molar-refractivity contribution in [2.24, 2.45) is 0 Å². The van der Waals surface area contributed by atoms with Gasteiger partial charge in [-0.05, 0) is 24.1 Å². The molecule has 1 aromatic carbocycles. The van der Waals surface area contributed by atoms with Gasteiger partial charge in [-0.25, -0.2) is 4.39 Å². The van der Waals surface area contributed by atoms with Gasteiger partial charge in [0.1, 0.15) is 5.82 Å². The van der Waals surface area contributed by atoms with E-state index in [2.05, 4.69) is 4.74 Å². The van der Waals surface area contributed by atoms with Crippen molar-refractivity contribution in [1.82, 2.24) is 0 Å². The average Bonchev–Trinajstić information content (AvgIpc) is 2.30. The quantitative estimate of drug-likeness (QED) is 0.617. The summed E-state index contributed by atoms with van der Waals surface area (Å²) < 4.78 is 55.1. The summed E-state index contributed by atoms with van der Waals surface area (Å²) in [7, 11) is 1.15. The van der Waals surface area contributed by atoms with Crippen LogP contribution >= 0.6 is 0 Å². The summed E-state index contributed by atoms with van der Waals surface area (Å²) in [4.78, 5) is 11.4. The molecule has 1 atom stereocenters. The van der Waals surface area contributed by atoms with E-state index < -0.39 is 29.4 Å². The normalized spacial score (nSPS) is 13.2. The van der Waals surface area contributed by atoms with Gasteiger partial charge in [-0.3, -0.25) is 4.79 Å². The van der Waals surface area contributed by atoms with Gasteiger partial charge in [0, 0.05) is 0 Å². The van der Waals surface area contributed by atoms with Crippen molar-refractivity contribution in [1.29, 1.82) is 0 Å². The molecular weight excluding hydrogens is 252 g/mol. The van der Waals surface area contributed by atoms with E-state index in [1.165, 1.54) is 0 Å². The highest BCUT2D eigenvalue weighted by Gasteiger charge is 2.35. The van der Waals surface area contributed by atoms with Crippen LogP contribution in [0.5, 0.6) is 0 Å². The molecule has 0 fully saturated rings. The molecule has 0 saturated carbocycles.